The number of amides is 1. The Hall–Kier alpha value is -1.57. The average Bonchev–Trinajstić information content (AvgIpc) is 2.19. The van der Waals surface area contributed by atoms with Gasteiger partial charge in [0.15, 0.2) is 0 Å². The minimum absolute atomic E-state index is 0.0845. The zero-order valence-corrected chi connectivity index (χ0v) is 8.87. The van der Waals surface area contributed by atoms with Crippen molar-refractivity contribution in [3.8, 4) is 0 Å². The van der Waals surface area contributed by atoms with Crippen molar-refractivity contribution >= 4 is 11.6 Å². The maximum atomic E-state index is 11.4. The van der Waals surface area contributed by atoms with Crippen molar-refractivity contribution in [1.82, 2.24) is 0 Å². The van der Waals surface area contributed by atoms with E-state index in [0.29, 0.717) is 0 Å². The lowest BCUT2D eigenvalue weighted by atomic mass is 10.1. The predicted octanol–water partition coefficient (Wildman–Crippen LogP) is 2.45. The lowest BCUT2D eigenvalue weighted by molar-refractivity contribution is -0.113. The number of carbonyl (C=O) groups is 1. The van der Waals surface area contributed by atoms with E-state index >= 15 is 0 Å². The highest BCUT2D eigenvalue weighted by Crippen LogP contribution is 2.20. The number of anilines is 1. The Labute approximate surface area is 84.9 Å². The first kappa shape index (κ1) is 10.5. The third-order valence-electron chi connectivity index (χ3n) is 2.23. The van der Waals surface area contributed by atoms with Crippen LogP contribution >= 0.6 is 0 Å². The molecule has 0 unspecified atom stereocenters. The second-order valence-electron chi connectivity index (χ2n) is 3.39. The molecular weight excluding hydrogens is 174 g/mol. The molecule has 1 amide bonds. The molecule has 0 aliphatic carbocycles. The molecule has 2 heteroatoms. The summed E-state index contributed by atoms with van der Waals surface area (Å²) in [5.74, 6) is -0.0845. The van der Waals surface area contributed by atoms with Crippen LogP contribution in [0.4, 0.5) is 5.69 Å². The second-order valence-corrected chi connectivity index (χ2v) is 3.39. The smallest absolute Gasteiger partial charge is 0.250 e. The number of likely N-dealkylation sites (N-methyl/N-ethyl adjacent to an activating group) is 1. The van der Waals surface area contributed by atoms with E-state index in [9.17, 15) is 4.79 Å². The minimum atomic E-state index is -0.0845. The van der Waals surface area contributed by atoms with Crippen LogP contribution < -0.4 is 4.90 Å². The number of nitrogens with zero attached hydrogens (tertiary/aromatic N) is 1. The normalized spacial score (nSPS) is 9.64. The number of benzene rings is 1. The van der Waals surface area contributed by atoms with Crippen LogP contribution in [0.3, 0.4) is 0 Å². The second kappa shape index (κ2) is 4.09. The molecule has 0 atom stereocenters. The van der Waals surface area contributed by atoms with Crippen molar-refractivity contribution in [3.05, 3.63) is 42.0 Å². The van der Waals surface area contributed by atoms with Crippen LogP contribution in [-0.2, 0) is 4.79 Å². The topological polar surface area (TPSA) is 20.3 Å². The van der Waals surface area contributed by atoms with Crippen molar-refractivity contribution < 1.29 is 4.79 Å². The molecule has 0 fully saturated rings. The quantitative estimate of drug-likeness (QED) is 0.654. The van der Waals surface area contributed by atoms with Gasteiger partial charge in [-0.1, -0.05) is 18.7 Å². The van der Waals surface area contributed by atoms with Crippen LogP contribution in [0, 0.1) is 13.8 Å². The van der Waals surface area contributed by atoms with Gasteiger partial charge in [0.1, 0.15) is 0 Å². The van der Waals surface area contributed by atoms with Gasteiger partial charge in [0.05, 0.1) is 0 Å². The SMILES string of the molecule is C=CC(=O)N(C)c1cc(C)ccc1C. The van der Waals surface area contributed by atoms with Gasteiger partial charge in [0.2, 0.25) is 5.91 Å². The maximum Gasteiger partial charge on any atom is 0.250 e. The van der Waals surface area contributed by atoms with Gasteiger partial charge in [-0.2, -0.15) is 0 Å². The fourth-order valence-electron chi connectivity index (χ4n) is 1.34. The molecule has 0 aliphatic rings. The van der Waals surface area contributed by atoms with Gasteiger partial charge < -0.3 is 4.90 Å². The van der Waals surface area contributed by atoms with Crippen LogP contribution in [0.25, 0.3) is 0 Å². The number of hydrogen-bond donors (Lipinski definition) is 0. The lowest BCUT2D eigenvalue weighted by Crippen LogP contribution is -2.24. The Morgan fingerprint density at radius 2 is 2.07 bits per heavy atom. The molecule has 14 heavy (non-hydrogen) atoms. The highest BCUT2D eigenvalue weighted by atomic mass is 16.2. The molecule has 1 aromatic rings. The Balaban J connectivity index is 3.11. The summed E-state index contributed by atoms with van der Waals surface area (Å²) in [6, 6.07) is 6.04. The van der Waals surface area contributed by atoms with E-state index < -0.39 is 0 Å². The van der Waals surface area contributed by atoms with Crippen molar-refractivity contribution in [2.45, 2.75) is 13.8 Å². The molecule has 74 valence electrons. The average molecular weight is 189 g/mol. The van der Waals surface area contributed by atoms with E-state index in [1.54, 1.807) is 11.9 Å². The highest BCUT2D eigenvalue weighted by molar-refractivity contribution is 6.01. The number of carbonyl (C=O) groups excluding carboxylic acids is 1. The van der Waals surface area contributed by atoms with Gasteiger partial charge in [0.25, 0.3) is 0 Å². The molecule has 1 aromatic carbocycles. The summed E-state index contributed by atoms with van der Waals surface area (Å²) in [5.41, 5.74) is 3.18. The molecule has 0 bridgehead atoms. The van der Waals surface area contributed by atoms with Gasteiger partial charge in [-0.05, 0) is 37.1 Å². The molecule has 0 aromatic heterocycles. The molecule has 0 radical (unpaired) electrons. The summed E-state index contributed by atoms with van der Waals surface area (Å²) < 4.78 is 0. The van der Waals surface area contributed by atoms with E-state index in [0.717, 1.165) is 16.8 Å². The summed E-state index contributed by atoms with van der Waals surface area (Å²) in [4.78, 5) is 13.0. The van der Waals surface area contributed by atoms with Crippen molar-refractivity contribution in [2.75, 3.05) is 11.9 Å². The molecule has 1 rings (SSSR count). The van der Waals surface area contributed by atoms with E-state index in [2.05, 4.69) is 6.58 Å². The Morgan fingerprint density at radius 3 is 2.64 bits per heavy atom. The van der Waals surface area contributed by atoms with Crippen molar-refractivity contribution in [2.24, 2.45) is 0 Å². The van der Waals surface area contributed by atoms with Gasteiger partial charge in [-0.3, -0.25) is 4.79 Å². The van der Waals surface area contributed by atoms with Crippen molar-refractivity contribution in [3.63, 3.8) is 0 Å². The summed E-state index contributed by atoms with van der Waals surface area (Å²) in [5, 5.41) is 0. The van der Waals surface area contributed by atoms with E-state index in [1.165, 1.54) is 6.08 Å². The highest BCUT2D eigenvalue weighted by Gasteiger charge is 2.09. The predicted molar refractivity (Wildman–Crippen MR) is 59.5 cm³/mol. The van der Waals surface area contributed by atoms with Crippen molar-refractivity contribution in [1.29, 1.82) is 0 Å². The van der Waals surface area contributed by atoms with E-state index in [1.807, 2.05) is 32.0 Å². The largest absolute Gasteiger partial charge is 0.312 e. The summed E-state index contributed by atoms with van der Waals surface area (Å²) in [6.07, 6.45) is 1.32. The van der Waals surface area contributed by atoms with Gasteiger partial charge in [-0.15, -0.1) is 0 Å². The van der Waals surface area contributed by atoms with Gasteiger partial charge in [0, 0.05) is 12.7 Å². The molecular formula is C12H15NO. The molecule has 0 saturated carbocycles. The van der Waals surface area contributed by atoms with Gasteiger partial charge in [-0.25, -0.2) is 0 Å². The molecule has 0 saturated heterocycles. The van der Waals surface area contributed by atoms with Gasteiger partial charge >= 0.3 is 0 Å². The van der Waals surface area contributed by atoms with E-state index in [-0.39, 0.29) is 5.91 Å². The first-order valence-electron chi connectivity index (χ1n) is 4.53. The first-order chi connectivity index (χ1) is 6.56. The fraction of sp³-hybridized carbons (Fsp3) is 0.250. The molecule has 0 aliphatic heterocycles. The number of aryl methyl sites for hydroxylation is 2. The minimum Gasteiger partial charge on any atom is -0.312 e. The summed E-state index contributed by atoms with van der Waals surface area (Å²) >= 11 is 0. The van der Waals surface area contributed by atoms with Crippen LogP contribution in [-0.4, -0.2) is 13.0 Å². The summed E-state index contributed by atoms with van der Waals surface area (Å²) in [6.45, 7) is 7.46. The molecule has 2 nitrogen and oxygen atoms in total. The first-order valence-corrected chi connectivity index (χ1v) is 4.53. The Kier molecular flexibility index (Phi) is 3.07. The monoisotopic (exact) mass is 189 g/mol. The molecule has 0 spiro atoms. The lowest BCUT2D eigenvalue weighted by Gasteiger charge is -2.18. The van der Waals surface area contributed by atoms with Crippen LogP contribution in [0.1, 0.15) is 11.1 Å². The fourth-order valence-corrected chi connectivity index (χ4v) is 1.34. The van der Waals surface area contributed by atoms with Crippen LogP contribution in [0.5, 0.6) is 0 Å². The zero-order chi connectivity index (χ0) is 10.7. The zero-order valence-electron chi connectivity index (χ0n) is 8.87. The Morgan fingerprint density at radius 1 is 1.43 bits per heavy atom. The standard InChI is InChI=1S/C12H15NO/c1-5-12(14)13(4)11-8-9(2)6-7-10(11)3/h5-8H,1H2,2-4H3. The Bertz CT molecular complexity index is 369. The molecule has 0 heterocycles. The number of hydrogen-bond acceptors (Lipinski definition) is 1. The molecule has 0 N–H and O–H groups in total. The summed E-state index contributed by atoms with van der Waals surface area (Å²) in [7, 11) is 1.76. The third kappa shape index (κ3) is 2.02. The van der Waals surface area contributed by atoms with E-state index in [4.69, 9.17) is 0 Å². The maximum absolute atomic E-state index is 11.4. The number of rotatable bonds is 2. The van der Waals surface area contributed by atoms with Crippen LogP contribution in [0.15, 0.2) is 30.9 Å². The van der Waals surface area contributed by atoms with Crippen LogP contribution in [0.2, 0.25) is 0 Å². The third-order valence-corrected chi connectivity index (χ3v) is 2.23.